The lowest BCUT2D eigenvalue weighted by Crippen LogP contribution is -2.36. The number of hydrogen-bond donors (Lipinski definition) is 1. The first kappa shape index (κ1) is 16.0. The van der Waals surface area contributed by atoms with E-state index in [1.807, 2.05) is 20.8 Å². The highest BCUT2D eigenvalue weighted by Crippen LogP contribution is 2.30. The molecule has 0 atom stereocenters. The number of alkyl carbamates (subject to hydrolysis) is 1. The Morgan fingerprint density at radius 2 is 1.79 bits per heavy atom. The van der Waals surface area contributed by atoms with Crippen LogP contribution in [-0.4, -0.2) is 24.5 Å². The molecular weight excluding hydrogens is 242 g/mol. The molecule has 1 rings (SSSR count). The van der Waals surface area contributed by atoms with Crippen LogP contribution in [0, 0.1) is 11.8 Å². The van der Waals surface area contributed by atoms with Crippen molar-refractivity contribution in [2.75, 3.05) is 6.54 Å². The number of amides is 1. The van der Waals surface area contributed by atoms with Crippen molar-refractivity contribution in [1.29, 1.82) is 0 Å². The standard InChI is InChI=1S/C15H27NO3/c1-15(2,3)19-14(18)16-11-13-8-6-12(7-9-13)5-4-10-17/h10,12-13H,4-9,11H2,1-3H3,(H,16,18). The quantitative estimate of drug-likeness (QED) is 0.779. The molecule has 1 saturated carbocycles. The van der Waals surface area contributed by atoms with E-state index in [1.54, 1.807) is 0 Å². The smallest absolute Gasteiger partial charge is 0.407 e. The van der Waals surface area contributed by atoms with Gasteiger partial charge in [0, 0.05) is 13.0 Å². The van der Waals surface area contributed by atoms with E-state index >= 15 is 0 Å². The molecule has 1 aliphatic rings. The fourth-order valence-corrected chi connectivity index (χ4v) is 2.57. The van der Waals surface area contributed by atoms with E-state index in [9.17, 15) is 9.59 Å². The Hall–Kier alpha value is -1.06. The van der Waals surface area contributed by atoms with Gasteiger partial charge in [0.25, 0.3) is 0 Å². The van der Waals surface area contributed by atoms with Gasteiger partial charge in [-0.3, -0.25) is 0 Å². The Labute approximate surface area is 116 Å². The maximum atomic E-state index is 11.5. The molecule has 110 valence electrons. The number of aldehydes is 1. The Bertz CT molecular complexity index is 288. The first-order valence-electron chi connectivity index (χ1n) is 7.31. The Balaban J connectivity index is 2.15. The number of hydrogen-bond acceptors (Lipinski definition) is 3. The minimum Gasteiger partial charge on any atom is -0.444 e. The van der Waals surface area contributed by atoms with E-state index in [-0.39, 0.29) is 6.09 Å². The monoisotopic (exact) mass is 269 g/mol. The molecule has 0 bridgehead atoms. The van der Waals surface area contributed by atoms with E-state index in [1.165, 1.54) is 12.8 Å². The van der Waals surface area contributed by atoms with E-state index in [0.717, 1.165) is 25.5 Å². The highest BCUT2D eigenvalue weighted by atomic mass is 16.6. The Kier molecular flexibility index (Phi) is 6.32. The number of carbonyl (C=O) groups excluding carboxylic acids is 2. The van der Waals surface area contributed by atoms with Crippen molar-refractivity contribution in [3.63, 3.8) is 0 Å². The van der Waals surface area contributed by atoms with Gasteiger partial charge >= 0.3 is 6.09 Å². The zero-order valence-corrected chi connectivity index (χ0v) is 12.4. The van der Waals surface area contributed by atoms with Crippen LogP contribution in [0.1, 0.15) is 59.3 Å². The summed E-state index contributed by atoms with van der Waals surface area (Å²) >= 11 is 0. The van der Waals surface area contributed by atoms with Gasteiger partial charge in [0.2, 0.25) is 0 Å². The maximum Gasteiger partial charge on any atom is 0.407 e. The van der Waals surface area contributed by atoms with Gasteiger partial charge in [-0.1, -0.05) is 12.8 Å². The van der Waals surface area contributed by atoms with Crippen molar-refractivity contribution in [1.82, 2.24) is 5.32 Å². The van der Waals surface area contributed by atoms with Gasteiger partial charge < -0.3 is 14.8 Å². The van der Waals surface area contributed by atoms with Crippen LogP contribution in [0.4, 0.5) is 4.79 Å². The first-order chi connectivity index (χ1) is 8.90. The predicted molar refractivity (Wildman–Crippen MR) is 75.0 cm³/mol. The molecule has 4 nitrogen and oxygen atoms in total. The minimum absolute atomic E-state index is 0.324. The van der Waals surface area contributed by atoms with E-state index < -0.39 is 5.60 Å². The lowest BCUT2D eigenvalue weighted by Gasteiger charge is -2.28. The van der Waals surface area contributed by atoms with Gasteiger partial charge in [0.1, 0.15) is 11.9 Å². The molecule has 1 N–H and O–H groups in total. The third-order valence-electron chi connectivity index (χ3n) is 3.59. The zero-order chi connectivity index (χ0) is 14.3. The Morgan fingerprint density at radius 1 is 1.21 bits per heavy atom. The second-order valence-corrected chi connectivity index (χ2v) is 6.51. The van der Waals surface area contributed by atoms with Crippen LogP contribution in [0.15, 0.2) is 0 Å². The summed E-state index contributed by atoms with van der Waals surface area (Å²) in [5.74, 6) is 1.25. The average molecular weight is 269 g/mol. The highest BCUT2D eigenvalue weighted by Gasteiger charge is 2.22. The predicted octanol–water partition coefficient (Wildman–Crippen LogP) is 3.30. The molecule has 4 heteroatoms. The summed E-state index contributed by atoms with van der Waals surface area (Å²) in [7, 11) is 0. The van der Waals surface area contributed by atoms with Gasteiger partial charge in [0.05, 0.1) is 0 Å². The van der Waals surface area contributed by atoms with Crippen molar-refractivity contribution in [2.45, 2.75) is 64.9 Å². The fraction of sp³-hybridized carbons (Fsp3) is 0.867. The van der Waals surface area contributed by atoms with Crippen LogP contribution in [-0.2, 0) is 9.53 Å². The molecule has 0 heterocycles. The zero-order valence-electron chi connectivity index (χ0n) is 12.4. The van der Waals surface area contributed by atoms with Gasteiger partial charge in [-0.25, -0.2) is 4.79 Å². The third-order valence-corrected chi connectivity index (χ3v) is 3.59. The van der Waals surface area contributed by atoms with Crippen molar-refractivity contribution < 1.29 is 14.3 Å². The van der Waals surface area contributed by atoms with E-state index in [0.29, 0.717) is 24.8 Å². The molecule has 1 fully saturated rings. The molecular formula is C15H27NO3. The lowest BCUT2D eigenvalue weighted by atomic mass is 9.80. The third kappa shape index (κ3) is 7.19. The maximum absolute atomic E-state index is 11.5. The van der Waals surface area contributed by atoms with Crippen molar-refractivity contribution in [2.24, 2.45) is 11.8 Å². The number of ether oxygens (including phenoxy) is 1. The lowest BCUT2D eigenvalue weighted by molar-refractivity contribution is -0.108. The molecule has 0 spiro atoms. The first-order valence-corrected chi connectivity index (χ1v) is 7.31. The van der Waals surface area contributed by atoms with E-state index in [2.05, 4.69) is 5.32 Å². The molecule has 0 saturated heterocycles. The number of nitrogens with one attached hydrogen (secondary N) is 1. The average Bonchev–Trinajstić information content (AvgIpc) is 2.33. The molecule has 1 amide bonds. The summed E-state index contributed by atoms with van der Waals surface area (Å²) in [6.45, 7) is 6.30. The molecule has 0 aromatic heterocycles. The molecule has 0 aromatic rings. The van der Waals surface area contributed by atoms with Crippen LogP contribution in [0.3, 0.4) is 0 Å². The molecule has 0 aliphatic heterocycles. The SMILES string of the molecule is CC(C)(C)OC(=O)NCC1CCC(CCC=O)CC1. The normalized spacial score (nSPS) is 23.7. The van der Waals surface area contributed by atoms with Crippen LogP contribution >= 0.6 is 0 Å². The van der Waals surface area contributed by atoms with Crippen molar-refractivity contribution >= 4 is 12.4 Å². The van der Waals surface area contributed by atoms with Gasteiger partial charge in [0.15, 0.2) is 0 Å². The molecule has 19 heavy (non-hydrogen) atoms. The van der Waals surface area contributed by atoms with Crippen LogP contribution in [0.2, 0.25) is 0 Å². The van der Waals surface area contributed by atoms with Crippen LogP contribution in [0.25, 0.3) is 0 Å². The fourth-order valence-electron chi connectivity index (χ4n) is 2.57. The van der Waals surface area contributed by atoms with Gasteiger partial charge in [-0.05, 0) is 51.9 Å². The summed E-state index contributed by atoms with van der Waals surface area (Å²) in [5.41, 5.74) is -0.434. The van der Waals surface area contributed by atoms with Crippen LogP contribution in [0.5, 0.6) is 0 Å². The van der Waals surface area contributed by atoms with Crippen LogP contribution < -0.4 is 5.32 Å². The van der Waals surface area contributed by atoms with Crippen molar-refractivity contribution in [3.8, 4) is 0 Å². The van der Waals surface area contributed by atoms with Gasteiger partial charge in [-0.2, -0.15) is 0 Å². The topological polar surface area (TPSA) is 55.4 Å². The summed E-state index contributed by atoms with van der Waals surface area (Å²) < 4.78 is 5.21. The number of carbonyl (C=O) groups is 2. The largest absolute Gasteiger partial charge is 0.444 e. The minimum atomic E-state index is -0.434. The second kappa shape index (κ2) is 7.51. The summed E-state index contributed by atoms with van der Waals surface area (Å²) in [6, 6.07) is 0. The Morgan fingerprint density at radius 3 is 2.32 bits per heavy atom. The summed E-state index contributed by atoms with van der Waals surface area (Å²) in [6.07, 6.45) is 7.02. The summed E-state index contributed by atoms with van der Waals surface area (Å²) in [4.78, 5) is 21.9. The number of rotatable bonds is 5. The van der Waals surface area contributed by atoms with E-state index in [4.69, 9.17) is 4.74 Å². The molecule has 1 aliphatic carbocycles. The molecule has 0 aromatic carbocycles. The molecule has 0 radical (unpaired) electrons. The van der Waals surface area contributed by atoms with Gasteiger partial charge in [-0.15, -0.1) is 0 Å². The highest BCUT2D eigenvalue weighted by molar-refractivity contribution is 5.67. The second-order valence-electron chi connectivity index (χ2n) is 6.51. The molecule has 0 unspecified atom stereocenters. The summed E-state index contributed by atoms with van der Waals surface area (Å²) in [5, 5.41) is 2.85. The van der Waals surface area contributed by atoms with Crippen molar-refractivity contribution in [3.05, 3.63) is 0 Å².